The van der Waals surface area contributed by atoms with Crippen molar-refractivity contribution in [2.24, 2.45) is 5.92 Å². The third-order valence-corrected chi connectivity index (χ3v) is 10.0. The number of nitrogens with zero attached hydrogens (tertiary/aromatic N) is 4. The average Bonchev–Trinajstić information content (AvgIpc) is 3.44. The highest BCUT2D eigenvalue weighted by molar-refractivity contribution is 7.90. The molecule has 0 radical (unpaired) electrons. The van der Waals surface area contributed by atoms with Gasteiger partial charge in [0.1, 0.15) is 5.82 Å². The summed E-state index contributed by atoms with van der Waals surface area (Å²) in [6.45, 7) is -1.43. The Kier molecular flexibility index (Phi) is 9.85. The summed E-state index contributed by atoms with van der Waals surface area (Å²) >= 11 is 0. The SMILES string of the molecule is CN(C(=O)N(C)C1CN(C(=O)C2CCN(S(=O)(=O)C(F)(F)F)CC2)CC1c1ccc(F)cc1)c1cc(C(F)(F)F)cc(C(F)(F)F)c1. The molecule has 2 fully saturated rings. The van der Waals surface area contributed by atoms with Crippen LogP contribution in [0.4, 0.5) is 54.4 Å². The van der Waals surface area contributed by atoms with Gasteiger partial charge in [-0.1, -0.05) is 12.1 Å². The number of rotatable bonds is 5. The van der Waals surface area contributed by atoms with Gasteiger partial charge in [0.15, 0.2) is 0 Å². The number of anilines is 1. The lowest BCUT2D eigenvalue weighted by molar-refractivity contribution is -0.143. The number of hydrogen-bond donors (Lipinski definition) is 0. The first-order chi connectivity index (χ1) is 21.5. The van der Waals surface area contributed by atoms with Crippen LogP contribution >= 0.6 is 0 Å². The van der Waals surface area contributed by atoms with Crippen molar-refractivity contribution in [3.8, 4) is 0 Å². The number of carbonyl (C=O) groups excluding carboxylic acids is 2. The molecule has 0 bridgehead atoms. The standard InChI is InChI=1S/C28H28F10N4O4S/c1-39(21-12-18(26(30,31)32)11-19(13-21)27(33,34)35)25(44)40(2)23-15-41(14-22(23)16-3-5-20(29)6-4-16)24(43)17-7-9-42(10-8-17)47(45,46)28(36,37)38/h3-6,11-13,17,22-23H,7-10,14-15H2,1-2H3. The van der Waals surface area contributed by atoms with Crippen molar-refractivity contribution < 1.29 is 61.9 Å². The fourth-order valence-corrected chi connectivity index (χ4v) is 6.75. The zero-order chi connectivity index (χ0) is 35.3. The number of amides is 3. The van der Waals surface area contributed by atoms with E-state index in [0.29, 0.717) is 22.6 Å². The molecule has 0 N–H and O–H groups in total. The number of hydrogen-bond acceptors (Lipinski definition) is 4. The second-order valence-electron chi connectivity index (χ2n) is 11.3. The van der Waals surface area contributed by atoms with Crippen LogP contribution in [0.25, 0.3) is 0 Å². The lowest BCUT2D eigenvalue weighted by Crippen LogP contribution is -2.49. The van der Waals surface area contributed by atoms with Crippen molar-refractivity contribution in [2.75, 3.05) is 45.2 Å². The molecule has 2 heterocycles. The van der Waals surface area contributed by atoms with Gasteiger partial charge in [0.2, 0.25) is 5.91 Å². The maximum Gasteiger partial charge on any atom is 0.511 e. The predicted molar refractivity (Wildman–Crippen MR) is 147 cm³/mol. The van der Waals surface area contributed by atoms with Gasteiger partial charge in [0, 0.05) is 57.8 Å². The Morgan fingerprint density at radius 2 is 1.32 bits per heavy atom. The van der Waals surface area contributed by atoms with Crippen molar-refractivity contribution >= 4 is 27.6 Å². The quantitative estimate of drug-likeness (QED) is 0.363. The molecule has 0 saturated carbocycles. The van der Waals surface area contributed by atoms with Crippen LogP contribution in [0.5, 0.6) is 0 Å². The second kappa shape index (κ2) is 12.8. The summed E-state index contributed by atoms with van der Waals surface area (Å²) in [5.74, 6) is -2.76. The number of alkyl halides is 9. The highest BCUT2D eigenvalue weighted by atomic mass is 32.2. The molecule has 0 aliphatic carbocycles. The van der Waals surface area contributed by atoms with E-state index < -0.39 is 93.4 Å². The summed E-state index contributed by atoms with van der Waals surface area (Å²) in [6, 6.07) is 3.71. The van der Waals surface area contributed by atoms with Gasteiger partial charge in [0.25, 0.3) is 0 Å². The Labute approximate surface area is 262 Å². The number of halogens is 10. The number of piperidine rings is 1. The molecule has 4 rings (SSSR count). The molecular formula is C28H28F10N4O4S. The Hall–Kier alpha value is -3.61. The first-order valence-corrected chi connectivity index (χ1v) is 15.4. The van der Waals surface area contributed by atoms with Crippen LogP contribution in [0.1, 0.15) is 35.4 Å². The zero-order valence-electron chi connectivity index (χ0n) is 24.6. The average molecular weight is 707 g/mol. The molecular weight excluding hydrogens is 678 g/mol. The molecule has 8 nitrogen and oxygen atoms in total. The van der Waals surface area contributed by atoms with Gasteiger partial charge in [-0.05, 0) is 48.7 Å². The fourth-order valence-electron chi connectivity index (χ4n) is 5.77. The molecule has 0 spiro atoms. The van der Waals surface area contributed by atoms with E-state index in [9.17, 15) is 61.9 Å². The van der Waals surface area contributed by atoms with E-state index in [1.807, 2.05) is 0 Å². The van der Waals surface area contributed by atoms with E-state index in [1.54, 1.807) is 0 Å². The molecule has 2 aromatic rings. The number of benzene rings is 2. The van der Waals surface area contributed by atoms with Gasteiger partial charge in [0.05, 0.1) is 17.2 Å². The van der Waals surface area contributed by atoms with Gasteiger partial charge in [-0.25, -0.2) is 17.6 Å². The topological polar surface area (TPSA) is 81.2 Å². The number of sulfonamides is 1. The summed E-state index contributed by atoms with van der Waals surface area (Å²) < 4.78 is 157. The molecule has 2 aliphatic heterocycles. The molecule has 3 amide bonds. The highest BCUT2D eigenvalue weighted by Crippen LogP contribution is 2.39. The van der Waals surface area contributed by atoms with Crippen LogP contribution in [0.15, 0.2) is 42.5 Å². The van der Waals surface area contributed by atoms with E-state index in [2.05, 4.69) is 0 Å². The number of carbonyl (C=O) groups is 2. The highest BCUT2D eigenvalue weighted by Gasteiger charge is 2.51. The van der Waals surface area contributed by atoms with Crippen LogP contribution in [0, 0.1) is 11.7 Å². The molecule has 2 atom stereocenters. The van der Waals surface area contributed by atoms with Crippen LogP contribution in [0.3, 0.4) is 0 Å². The summed E-state index contributed by atoms with van der Waals surface area (Å²) in [5.41, 5.74) is -9.06. The number of likely N-dealkylation sites (N-methyl/N-ethyl adjacent to an activating group) is 1. The number of likely N-dealkylation sites (tertiary alicyclic amines) is 1. The maximum absolute atomic E-state index is 13.7. The summed E-state index contributed by atoms with van der Waals surface area (Å²) in [5, 5.41) is 0. The lowest BCUT2D eigenvalue weighted by Gasteiger charge is -2.33. The Morgan fingerprint density at radius 3 is 1.79 bits per heavy atom. The number of urea groups is 1. The Balaban J connectivity index is 1.59. The molecule has 2 unspecified atom stereocenters. The van der Waals surface area contributed by atoms with Gasteiger partial charge >= 0.3 is 33.9 Å². The zero-order valence-corrected chi connectivity index (χ0v) is 25.4. The summed E-state index contributed by atoms with van der Waals surface area (Å²) in [4.78, 5) is 30.0. The molecule has 0 aromatic heterocycles. The van der Waals surface area contributed by atoms with Crippen molar-refractivity contribution in [3.63, 3.8) is 0 Å². The smallest absolute Gasteiger partial charge is 0.340 e. The molecule has 260 valence electrons. The first kappa shape index (κ1) is 36.2. The Morgan fingerprint density at radius 1 is 0.809 bits per heavy atom. The fraction of sp³-hybridized carbons (Fsp3) is 0.500. The Bertz CT molecular complexity index is 1560. The minimum absolute atomic E-state index is 0.0838. The third-order valence-electron chi connectivity index (χ3n) is 8.38. The van der Waals surface area contributed by atoms with E-state index in [-0.39, 0.29) is 36.3 Å². The molecule has 19 heteroatoms. The van der Waals surface area contributed by atoms with Crippen LogP contribution in [-0.4, -0.2) is 86.3 Å². The molecule has 2 aromatic carbocycles. The summed E-state index contributed by atoms with van der Waals surface area (Å²) in [7, 11) is -3.39. The minimum Gasteiger partial charge on any atom is -0.340 e. The van der Waals surface area contributed by atoms with Crippen molar-refractivity contribution in [3.05, 3.63) is 65.0 Å². The molecule has 47 heavy (non-hydrogen) atoms. The predicted octanol–water partition coefficient (Wildman–Crippen LogP) is 5.91. The second-order valence-corrected chi connectivity index (χ2v) is 13.2. The monoisotopic (exact) mass is 706 g/mol. The van der Waals surface area contributed by atoms with E-state index in [0.717, 1.165) is 24.1 Å². The largest absolute Gasteiger partial charge is 0.511 e. The normalized spacial score (nSPS) is 20.4. The van der Waals surface area contributed by atoms with E-state index in [1.165, 1.54) is 24.1 Å². The van der Waals surface area contributed by atoms with Gasteiger partial charge < -0.3 is 9.80 Å². The van der Waals surface area contributed by atoms with E-state index >= 15 is 0 Å². The summed E-state index contributed by atoms with van der Waals surface area (Å²) in [6.07, 6.45) is -10.8. The van der Waals surface area contributed by atoms with Gasteiger partial charge in [-0.15, -0.1) is 0 Å². The maximum atomic E-state index is 13.7. The van der Waals surface area contributed by atoms with Crippen molar-refractivity contribution in [2.45, 2.75) is 42.7 Å². The molecule has 2 aliphatic rings. The van der Waals surface area contributed by atoms with Gasteiger partial charge in [-0.2, -0.15) is 43.8 Å². The van der Waals surface area contributed by atoms with Crippen LogP contribution in [0.2, 0.25) is 0 Å². The van der Waals surface area contributed by atoms with Crippen molar-refractivity contribution in [1.82, 2.24) is 14.1 Å². The van der Waals surface area contributed by atoms with E-state index in [4.69, 9.17) is 0 Å². The first-order valence-electron chi connectivity index (χ1n) is 13.9. The van der Waals surface area contributed by atoms with Crippen molar-refractivity contribution in [1.29, 1.82) is 0 Å². The van der Waals surface area contributed by atoms with Gasteiger partial charge in [-0.3, -0.25) is 9.69 Å². The minimum atomic E-state index is -5.59. The van der Waals surface area contributed by atoms with Crippen LogP contribution < -0.4 is 4.90 Å². The lowest BCUT2D eigenvalue weighted by atomic mass is 9.93. The van der Waals surface area contributed by atoms with Crippen LogP contribution in [-0.2, 0) is 27.2 Å². The third kappa shape index (κ3) is 7.60. The molecule has 2 saturated heterocycles.